The van der Waals surface area contributed by atoms with Crippen molar-refractivity contribution >= 4 is 17.3 Å². The average molecular weight is 278 g/mol. The number of fused-ring (bicyclic) bond motifs is 1. The van der Waals surface area contributed by atoms with Crippen LogP contribution in [0, 0.1) is 0 Å². The van der Waals surface area contributed by atoms with Crippen molar-refractivity contribution in [3.63, 3.8) is 0 Å². The molecule has 0 aliphatic rings. The van der Waals surface area contributed by atoms with Crippen molar-refractivity contribution in [3.05, 3.63) is 18.6 Å². The first kappa shape index (κ1) is 14.5. The number of aromatic nitrogens is 3. The normalized spacial score (nSPS) is 11.2. The van der Waals surface area contributed by atoms with E-state index < -0.39 is 0 Å². The molecule has 0 saturated carbocycles. The van der Waals surface area contributed by atoms with Gasteiger partial charge in [0.1, 0.15) is 5.82 Å². The van der Waals surface area contributed by atoms with Gasteiger partial charge in [0.15, 0.2) is 11.5 Å². The Morgan fingerprint density at radius 1 is 1.40 bits per heavy atom. The molecule has 2 aromatic rings. The first-order chi connectivity index (χ1) is 9.74. The minimum atomic E-state index is 0.745. The molecular weight excluding hydrogens is 256 g/mol. The van der Waals surface area contributed by atoms with E-state index in [9.17, 15) is 0 Å². The molecule has 7 heteroatoms. The summed E-state index contributed by atoms with van der Waals surface area (Å²) in [4.78, 5) is 11.0. The maximum Gasteiger partial charge on any atom is 0.180 e. The van der Waals surface area contributed by atoms with Crippen molar-refractivity contribution in [1.29, 1.82) is 0 Å². The maximum atomic E-state index is 5.06. The zero-order chi connectivity index (χ0) is 14.4. The summed E-state index contributed by atoms with van der Waals surface area (Å²) < 4.78 is 7.01. The number of nitrogens with one attached hydrogen (secondary N) is 2. The summed E-state index contributed by atoms with van der Waals surface area (Å²) in [6.07, 6.45) is 5.60. The van der Waals surface area contributed by atoms with Crippen LogP contribution >= 0.6 is 0 Å². The fourth-order valence-electron chi connectivity index (χ4n) is 1.89. The topological polar surface area (TPSA) is 66.7 Å². The zero-order valence-corrected chi connectivity index (χ0v) is 12.3. The van der Waals surface area contributed by atoms with Gasteiger partial charge in [-0.15, -0.1) is 0 Å². The molecule has 0 aliphatic carbocycles. The number of imidazole rings is 1. The molecule has 20 heavy (non-hydrogen) atoms. The highest BCUT2D eigenvalue weighted by atomic mass is 16.5. The van der Waals surface area contributed by atoms with Crippen LogP contribution < -0.4 is 10.6 Å². The van der Waals surface area contributed by atoms with E-state index in [1.165, 1.54) is 0 Å². The Hall–Kier alpha value is -1.86. The fourth-order valence-corrected chi connectivity index (χ4v) is 1.89. The first-order valence-corrected chi connectivity index (χ1v) is 6.67. The summed E-state index contributed by atoms with van der Waals surface area (Å²) in [7, 11) is 5.64. The summed E-state index contributed by atoms with van der Waals surface area (Å²) in [5.74, 6) is 1.60. The van der Waals surface area contributed by atoms with Crippen LogP contribution in [0.1, 0.15) is 0 Å². The largest absolute Gasteiger partial charge is 0.383 e. The van der Waals surface area contributed by atoms with Gasteiger partial charge in [0.25, 0.3) is 0 Å². The molecule has 0 fully saturated rings. The van der Waals surface area contributed by atoms with Crippen molar-refractivity contribution in [2.75, 3.05) is 58.1 Å². The quantitative estimate of drug-likeness (QED) is 0.743. The predicted molar refractivity (Wildman–Crippen MR) is 80.4 cm³/mol. The van der Waals surface area contributed by atoms with Crippen molar-refractivity contribution in [1.82, 2.24) is 19.3 Å². The highest BCUT2D eigenvalue weighted by Gasteiger charge is 2.06. The molecule has 2 N–H and O–H groups in total. The molecule has 0 atom stereocenters. The SMILES string of the molecule is CNc1cn2ccnc2c(NCCN(C)CCOC)n1. The van der Waals surface area contributed by atoms with E-state index in [2.05, 4.69) is 32.5 Å². The lowest BCUT2D eigenvalue weighted by atomic mass is 10.5. The third kappa shape index (κ3) is 3.58. The van der Waals surface area contributed by atoms with Crippen molar-refractivity contribution in [2.45, 2.75) is 0 Å². The smallest absolute Gasteiger partial charge is 0.180 e. The Kier molecular flexibility index (Phi) is 5.14. The van der Waals surface area contributed by atoms with E-state index in [4.69, 9.17) is 4.74 Å². The Bertz CT molecular complexity index is 541. The van der Waals surface area contributed by atoms with Gasteiger partial charge in [-0.2, -0.15) is 0 Å². The Balaban J connectivity index is 1.96. The summed E-state index contributed by atoms with van der Waals surface area (Å²) in [6, 6.07) is 0. The fraction of sp³-hybridized carbons (Fsp3) is 0.538. The number of rotatable bonds is 8. The maximum absolute atomic E-state index is 5.06. The zero-order valence-electron chi connectivity index (χ0n) is 12.3. The molecule has 0 spiro atoms. The van der Waals surface area contributed by atoms with E-state index in [1.54, 1.807) is 13.3 Å². The molecule has 110 valence electrons. The van der Waals surface area contributed by atoms with E-state index in [-0.39, 0.29) is 0 Å². The molecule has 2 heterocycles. The third-order valence-electron chi connectivity index (χ3n) is 3.09. The number of methoxy groups -OCH3 is 1. The standard InChI is InChI=1S/C13H22N6O/c1-14-11-10-19-7-5-16-13(19)12(17-11)15-4-6-18(2)8-9-20-3/h5,7,10,14H,4,6,8-9H2,1-3H3,(H,15,17). The number of ether oxygens (including phenoxy) is 1. The molecular formula is C13H22N6O. The van der Waals surface area contributed by atoms with Gasteiger partial charge in [-0.1, -0.05) is 0 Å². The molecule has 7 nitrogen and oxygen atoms in total. The van der Waals surface area contributed by atoms with Crippen LogP contribution in [0.5, 0.6) is 0 Å². The lowest BCUT2D eigenvalue weighted by molar-refractivity contribution is 0.163. The highest BCUT2D eigenvalue weighted by Crippen LogP contribution is 2.15. The summed E-state index contributed by atoms with van der Waals surface area (Å²) >= 11 is 0. The van der Waals surface area contributed by atoms with E-state index in [0.717, 1.165) is 43.5 Å². The van der Waals surface area contributed by atoms with Crippen LogP contribution in [0.15, 0.2) is 18.6 Å². The van der Waals surface area contributed by atoms with Crippen LogP contribution in [-0.2, 0) is 4.74 Å². The third-order valence-corrected chi connectivity index (χ3v) is 3.09. The molecule has 0 unspecified atom stereocenters. The van der Waals surface area contributed by atoms with Crippen molar-refractivity contribution in [3.8, 4) is 0 Å². The first-order valence-electron chi connectivity index (χ1n) is 6.67. The second kappa shape index (κ2) is 7.06. The van der Waals surface area contributed by atoms with Gasteiger partial charge in [-0.05, 0) is 7.05 Å². The van der Waals surface area contributed by atoms with Gasteiger partial charge in [-0.3, -0.25) is 0 Å². The Morgan fingerprint density at radius 3 is 3.00 bits per heavy atom. The molecule has 0 radical (unpaired) electrons. The van der Waals surface area contributed by atoms with E-state index in [1.807, 2.05) is 23.8 Å². The monoisotopic (exact) mass is 278 g/mol. The van der Waals surface area contributed by atoms with Crippen molar-refractivity contribution in [2.24, 2.45) is 0 Å². The van der Waals surface area contributed by atoms with Crippen LogP contribution in [0.4, 0.5) is 11.6 Å². The minimum Gasteiger partial charge on any atom is -0.383 e. The van der Waals surface area contributed by atoms with Gasteiger partial charge < -0.3 is 24.7 Å². The van der Waals surface area contributed by atoms with Crippen molar-refractivity contribution < 1.29 is 4.74 Å². The minimum absolute atomic E-state index is 0.745. The summed E-state index contributed by atoms with van der Waals surface area (Å²) in [5, 5.41) is 6.39. The molecule has 2 rings (SSSR count). The lowest BCUT2D eigenvalue weighted by Gasteiger charge is -2.16. The molecule has 0 saturated heterocycles. The van der Waals surface area contributed by atoms with E-state index in [0.29, 0.717) is 0 Å². The second-order valence-corrected chi connectivity index (χ2v) is 4.61. The van der Waals surface area contributed by atoms with Crippen LogP contribution in [0.25, 0.3) is 5.65 Å². The van der Waals surface area contributed by atoms with Gasteiger partial charge in [-0.25, -0.2) is 9.97 Å². The molecule has 0 amide bonds. The van der Waals surface area contributed by atoms with Gasteiger partial charge >= 0.3 is 0 Å². The second-order valence-electron chi connectivity index (χ2n) is 4.61. The average Bonchev–Trinajstić information content (AvgIpc) is 2.93. The number of likely N-dealkylation sites (N-methyl/N-ethyl adjacent to an activating group) is 1. The Morgan fingerprint density at radius 2 is 2.25 bits per heavy atom. The van der Waals surface area contributed by atoms with Gasteiger partial charge in [0.05, 0.1) is 12.8 Å². The Labute approximate surface area is 119 Å². The number of nitrogens with zero attached hydrogens (tertiary/aromatic N) is 4. The molecule has 0 aliphatic heterocycles. The molecule has 0 aromatic carbocycles. The lowest BCUT2D eigenvalue weighted by Crippen LogP contribution is -2.28. The van der Waals surface area contributed by atoms with Gasteiger partial charge in [0, 0.05) is 46.2 Å². The highest BCUT2D eigenvalue weighted by molar-refractivity contribution is 5.65. The summed E-state index contributed by atoms with van der Waals surface area (Å²) in [6.45, 7) is 3.39. The predicted octanol–water partition coefficient (Wildman–Crippen LogP) is 0.761. The molecule has 2 aromatic heterocycles. The van der Waals surface area contributed by atoms with Gasteiger partial charge in [0.2, 0.25) is 0 Å². The van der Waals surface area contributed by atoms with Crippen LogP contribution in [0.2, 0.25) is 0 Å². The summed E-state index contributed by atoms with van der Waals surface area (Å²) in [5.41, 5.74) is 0.837. The van der Waals surface area contributed by atoms with Crippen LogP contribution in [0.3, 0.4) is 0 Å². The number of hydrogen-bond acceptors (Lipinski definition) is 6. The van der Waals surface area contributed by atoms with E-state index >= 15 is 0 Å². The van der Waals surface area contributed by atoms with Crippen LogP contribution in [-0.4, -0.2) is 66.7 Å². The molecule has 0 bridgehead atoms. The number of hydrogen-bond donors (Lipinski definition) is 2. The number of anilines is 2.